The SMILES string of the molecule is Cc1c(O)cccc1C(=O)Nc1ccc(F)c(CN)c1. The number of phenols is 1. The van der Waals surface area contributed by atoms with Crippen LogP contribution in [0, 0.1) is 12.7 Å². The summed E-state index contributed by atoms with van der Waals surface area (Å²) < 4.78 is 13.3. The van der Waals surface area contributed by atoms with Gasteiger partial charge in [0.25, 0.3) is 5.91 Å². The Kier molecular flexibility index (Phi) is 4.00. The Balaban J connectivity index is 2.26. The van der Waals surface area contributed by atoms with Crippen LogP contribution in [-0.2, 0) is 6.54 Å². The highest BCUT2D eigenvalue weighted by atomic mass is 19.1. The molecule has 0 aliphatic heterocycles. The van der Waals surface area contributed by atoms with Crippen molar-refractivity contribution in [1.29, 1.82) is 0 Å². The fraction of sp³-hybridized carbons (Fsp3) is 0.133. The number of benzene rings is 2. The van der Waals surface area contributed by atoms with Gasteiger partial charge in [-0.05, 0) is 37.3 Å². The van der Waals surface area contributed by atoms with E-state index in [1.807, 2.05) is 0 Å². The average molecular weight is 274 g/mol. The fourth-order valence-corrected chi connectivity index (χ4v) is 1.88. The van der Waals surface area contributed by atoms with Crippen LogP contribution in [0.3, 0.4) is 0 Å². The monoisotopic (exact) mass is 274 g/mol. The summed E-state index contributed by atoms with van der Waals surface area (Å²) in [5.41, 5.74) is 7.06. The van der Waals surface area contributed by atoms with Crippen molar-refractivity contribution in [3.05, 3.63) is 58.9 Å². The Labute approximate surface area is 116 Å². The van der Waals surface area contributed by atoms with E-state index >= 15 is 0 Å². The third-order valence-corrected chi connectivity index (χ3v) is 3.07. The predicted octanol–water partition coefficient (Wildman–Crippen LogP) is 2.55. The third-order valence-electron chi connectivity index (χ3n) is 3.07. The van der Waals surface area contributed by atoms with Crippen LogP contribution in [0.4, 0.5) is 10.1 Å². The molecule has 5 heteroatoms. The van der Waals surface area contributed by atoms with Gasteiger partial charge in [-0.25, -0.2) is 4.39 Å². The molecular weight excluding hydrogens is 259 g/mol. The number of hydrogen-bond donors (Lipinski definition) is 3. The molecule has 0 aliphatic rings. The molecule has 0 radical (unpaired) electrons. The number of rotatable bonds is 3. The summed E-state index contributed by atoms with van der Waals surface area (Å²) in [4.78, 5) is 12.1. The van der Waals surface area contributed by atoms with E-state index in [9.17, 15) is 14.3 Å². The van der Waals surface area contributed by atoms with Gasteiger partial charge in [-0.3, -0.25) is 4.79 Å². The lowest BCUT2D eigenvalue weighted by Crippen LogP contribution is -2.14. The molecule has 2 aromatic rings. The van der Waals surface area contributed by atoms with E-state index in [0.29, 0.717) is 22.4 Å². The fourth-order valence-electron chi connectivity index (χ4n) is 1.88. The van der Waals surface area contributed by atoms with Gasteiger partial charge < -0.3 is 16.2 Å². The number of halogens is 1. The predicted molar refractivity (Wildman–Crippen MR) is 75.1 cm³/mol. The second-order valence-electron chi connectivity index (χ2n) is 4.41. The van der Waals surface area contributed by atoms with Gasteiger partial charge >= 0.3 is 0 Å². The van der Waals surface area contributed by atoms with E-state index in [1.165, 1.54) is 24.3 Å². The molecule has 0 saturated carbocycles. The van der Waals surface area contributed by atoms with Crippen molar-refractivity contribution in [3.8, 4) is 5.75 Å². The zero-order valence-corrected chi connectivity index (χ0v) is 11.0. The van der Waals surface area contributed by atoms with E-state index in [2.05, 4.69) is 5.32 Å². The van der Waals surface area contributed by atoms with Crippen molar-refractivity contribution in [1.82, 2.24) is 0 Å². The van der Waals surface area contributed by atoms with Gasteiger partial charge in [0.2, 0.25) is 0 Å². The number of carbonyl (C=O) groups excluding carboxylic acids is 1. The molecule has 4 N–H and O–H groups in total. The minimum Gasteiger partial charge on any atom is -0.508 e. The Morgan fingerprint density at radius 2 is 2.10 bits per heavy atom. The number of amides is 1. The molecule has 2 aromatic carbocycles. The van der Waals surface area contributed by atoms with E-state index in [0.717, 1.165) is 0 Å². The first-order valence-corrected chi connectivity index (χ1v) is 6.11. The Morgan fingerprint density at radius 3 is 2.80 bits per heavy atom. The maximum Gasteiger partial charge on any atom is 0.256 e. The molecule has 20 heavy (non-hydrogen) atoms. The van der Waals surface area contributed by atoms with Crippen LogP contribution in [-0.4, -0.2) is 11.0 Å². The third kappa shape index (κ3) is 2.78. The van der Waals surface area contributed by atoms with Gasteiger partial charge in [-0.2, -0.15) is 0 Å². The molecule has 0 bridgehead atoms. The largest absolute Gasteiger partial charge is 0.508 e. The lowest BCUT2D eigenvalue weighted by atomic mass is 10.1. The van der Waals surface area contributed by atoms with Gasteiger partial charge in [0.1, 0.15) is 11.6 Å². The molecule has 0 heterocycles. The van der Waals surface area contributed by atoms with Crippen LogP contribution < -0.4 is 11.1 Å². The summed E-state index contributed by atoms with van der Waals surface area (Å²) >= 11 is 0. The Hall–Kier alpha value is -2.40. The van der Waals surface area contributed by atoms with E-state index in [4.69, 9.17) is 5.73 Å². The van der Waals surface area contributed by atoms with Crippen LogP contribution in [0.25, 0.3) is 0 Å². The Bertz CT molecular complexity index is 656. The van der Waals surface area contributed by atoms with Crippen LogP contribution in [0.1, 0.15) is 21.5 Å². The number of phenolic OH excluding ortho intramolecular Hbond substituents is 1. The number of aromatic hydroxyl groups is 1. The number of hydrogen-bond acceptors (Lipinski definition) is 3. The second kappa shape index (κ2) is 5.71. The molecule has 2 rings (SSSR count). The van der Waals surface area contributed by atoms with Gasteiger partial charge in [0.05, 0.1) is 0 Å². The van der Waals surface area contributed by atoms with Gasteiger partial charge in [0.15, 0.2) is 0 Å². The molecule has 0 aromatic heterocycles. The van der Waals surface area contributed by atoms with E-state index < -0.39 is 5.82 Å². The van der Waals surface area contributed by atoms with Crippen molar-refractivity contribution < 1.29 is 14.3 Å². The molecule has 0 spiro atoms. The standard InChI is InChI=1S/C15H15FN2O2/c1-9-12(3-2-4-14(9)19)15(20)18-11-5-6-13(16)10(7-11)8-17/h2-7,19H,8,17H2,1H3,(H,18,20). The maximum absolute atomic E-state index is 13.3. The van der Waals surface area contributed by atoms with Crippen LogP contribution in [0.15, 0.2) is 36.4 Å². The minimum absolute atomic E-state index is 0.0550. The van der Waals surface area contributed by atoms with Gasteiger partial charge in [0, 0.05) is 28.9 Å². The highest BCUT2D eigenvalue weighted by molar-refractivity contribution is 6.05. The first-order chi connectivity index (χ1) is 9.52. The summed E-state index contributed by atoms with van der Waals surface area (Å²) in [6, 6.07) is 8.92. The lowest BCUT2D eigenvalue weighted by Gasteiger charge is -2.10. The van der Waals surface area contributed by atoms with Gasteiger partial charge in [-0.15, -0.1) is 0 Å². The summed E-state index contributed by atoms with van der Waals surface area (Å²) in [5, 5.41) is 12.2. The first kappa shape index (κ1) is 14.0. The van der Waals surface area contributed by atoms with Crippen molar-refractivity contribution in [2.45, 2.75) is 13.5 Å². The number of carbonyl (C=O) groups is 1. The summed E-state index contributed by atoms with van der Waals surface area (Å²) in [5.74, 6) is -0.716. The molecule has 0 atom stereocenters. The smallest absolute Gasteiger partial charge is 0.256 e. The topological polar surface area (TPSA) is 75.3 Å². The molecule has 0 aliphatic carbocycles. The zero-order chi connectivity index (χ0) is 14.7. The average Bonchev–Trinajstić information content (AvgIpc) is 2.43. The van der Waals surface area contributed by atoms with E-state index in [-0.39, 0.29) is 18.2 Å². The molecule has 1 amide bonds. The first-order valence-electron chi connectivity index (χ1n) is 6.11. The Morgan fingerprint density at radius 1 is 1.35 bits per heavy atom. The molecule has 0 unspecified atom stereocenters. The summed E-state index contributed by atoms with van der Waals surface area (Å²) in [6.45, 7) is 1.71. The van der Waals surface area contributed by atoms with Crippen LogP contribution in [0.5, 0.6) is 5.75 Å². The normalized spacial score (nSPS) is 10.3. The van der Waals surface area contributed by atoms with Crippen LogP contribution in [0.2, 0.25) is 0 Å². The van der Waals surface area contributed by atoms with Crippen LogP contribution >= 0.6 is 0 Å². The number of nitrogens with two attached hydrogens (primary N) is 1. The summed E-state index contributed by atoms with van der Waals surface area (Å²) in [7, 11) is 0. The summed E-state index contributed by atoms with van der Waals surface area (Å²) in [6.07, 6.45) is 0. The second-order valence-corrected chi connectivity index (χ2v) is 4.41. The highest BCUT2D eigenvalue weighted by Crippen LogP contribution is 2.21. The molecule has 4 nitrogen and oxygen atoms in total. The molecular formula is C15H15FN2O2. The lowest BCUT2D eigenvalue weighted by molar-refractivity contribution is 0.102. The maximum atomic E-state index is 13.3. The highest BCUT2D eigenvalue weighted by Gasteiger charge is 2.12. The van der Waals surface area contributed by atoms with E-state index in [1.54, 1.807) is 19.1 Å². The molecule has 0 saturated heterocycles. The molecule has 104 valence electrons. The van der Waals surface area contributed by atoms with Gasteiger partial charge in [-0.1, -0.05) is 6.07 Å². The quantitative estimate of drug-likeness (QED) is 0.805. The van der Waals surface area contributed by atoms with Crippen molar-refractivity contribution in [3.63, 3.8) is 0 Å². The molecule has 0 fully saturated rings. The van der Waals surface area contributed by atoms with Crippen molar-refractivity contribution >= 4 is 11.6 Å². The minimum atomic E-state index is -0.404. The number of nitrogens with one attached hydrogen (secondary N) is 1. The van der Waals surface area contributed by atoms with Crippen molar-refractivity contribution in [2.75, 3.05) is 5.32 Å². The number of anilines is 1. The zero-order valence-electron chi connectivity index (χ0n) is 11.0. The van der Waals surface area contributed by atoms with Crippen molar-refractivity contribution in [2.24, 2.45) is 5.73 Å².